The Morgan fingerprint density at radius 1 is 1.54 bits per heavy atom. The molecule has 1 aliphatic heterocycles. The lowest BCUT2D eigenvalue weighted by atomic mass is 10.2. The summed E-state index contributed by atoms with van der Waals surface area (Å²) in [4.78, 5) is 21.4. The van der Waals surface area contributed by atoms with E-state index in [4.69, 9.17) is 9.47 Å². The quantitative estimate of drug-likeness (QED) is 0.478. The first-order valence-electron chi connectivity index (χ1n) is 4.45. The molecule has 0 amide bonds. The molecule has 1 rings (SSSR count). The van der Waals surface area contributed by atoms with E-state index in [2.05, 4.69) is 0 Å². The highest BCUT2D eigenvalue weighted by molar-refractivity contribution is 5.94. The van der Waals surface area contributed by atoms with Crippen LogP contribution in [0.4, 0.5) is 0 Å². The van der Waals surface area contributed by atoms with Crippen LogP contribution in [-0.2, 0) is 19.1 Å². The van der Waals surface area contributed by atoms with Gasteiger partial charge in [-0.15, -0.1) is 0 Å². The molecule has 0 saturated carbocycles. The Labute approximate surface area is 77.2 Å². The minimum absolute atomic E-state index is 0.0379. The van der Waals surface area contributed by atoms with Crippen LogP contribution in [-0.4, -0.2) is 31.1 Å². The van der Waals surface area contributed by atoms with Gasteiger partial charge in [0.05, 0.1) is 6.10 Å². The van der Waals surface area contributed by atoms with Gasteiger partial charge in [-0.2, -0.15) is 0 Å². The zero-order chi connectivity index (χ0) is 9.68. The van der Waals surface area contributed by atoms with Gasteiger partial charge < -0.3 is 9.47 Å². The summed E-state index contributed by atoms with van der Waals surface area (Å²) >= 11 is 0. The smallest absolute Gasteiger partial charge is 0.313 e. The van der Waals surface area contributed by atoms with Crippen molar-refractivity contribution < 1.29 is 19.1 Å². The molecular weight excluding hydrogens is 172 g/mol. The van der Waals surface area contributed by atoms with E-state index < -0.39 is 5.97 Å². The van der Waals surface area contributed by atoms with Gasteiger partial charge in [0, 0.05) is 6.61 Å². The topological polar surface area (TPSA) is 52.6 Å². The van der Waals surface area contributed by atoms with Gasteiger partial charge in [-0.05, 0) is 19.8 Å². The predicted molar refractivity (Wildman–Crippen MR) is 45.2 cm³/mol. The van der Waals surface area contributed by atoms with E-state index in [-0.39, 0.29) is 24.9 Å². The number of rotatable bonds is 4. The summed E-state index contributed by atoms with van der Waals surface area (Å²) in [6, 6.07) is 0. The fourth-order valence-corrected chi connectivity index (χ4v) is 1.22. The van der Waals surface area contributed by atoms with Gasteiger partial charge in [0.25, 0.3) is 0 Å². The molecule has 13 heavy (non-hydrogen) atoms. The Kier molecular flexibility index (Phi) is 3.89. The van der Waals surface area contributed by atoms with Crippen LogP contribution in [0.5, 0.6) is 0 Å². The second-order valence-corrected chi connectivity index (χ2v) is 3.20. The zero-order valence-electron chi connectivity index (χ0n) is 7.75. The number of ether oxygens (including phenoxy) is 2. The second kappa shape index (κ2) is 4.97. The maximum atomic E-state index is 10.9. The maximum Gasteiger partial charge on any atom is 0.313 e. The third-order valence-electron chi connectivity index (χ3n) is 1.85. The average molecular weight is 186 g/mol. The molecule has 0 radical (unpaired) electrons. The van der Waals surface area contributed by atoms with Gasteiger partial charge in [0.2, 0.25) is 0 Å². The minimum atomic E-state index is -0.456. The molecule has 0 aromatic heterocycles. The van der Waals surface area contributed by atoms with Crippen molar-refractivity contribution in [3.05, 3.63) is 0 Å². The third-order valence-corrected chi connectivity index (χ3v) is 1.85. The first-order chi connectivity index (χ1) is 6.18. The fourth-order valence-electron chi connectivity index (χ4n) is 1.22. The van der Waals surface area contributed by atoms with Gasteiger partial charge in [-0.3, -0.25) is 9.59 Å². The van der Waals surface area contributed by atoms with Crippen LogP contribution in [0.15, 0.2) is 0 Å². The number of esters is 1. The third kappa shape index (κ3) is 4.03. The van der Waals surface area contributed by atoms with Crippen molar-refractivity contribution in [2.45, 2.75) is 32.3 Å². The summed E-state index contributed by atoms with van der Waals surface area (Å²) < 4.78 is 10.1. The van der Waals surface area contributed by atoms with Crippen LogP contribution in [0.1, 0.15) is 26.2 Å². The van der Waals surface area contributed by atoms with E-state index in [1.807, 2.05) is 0 Å². The first-order valence-corrected chi connectivity index (χ1v) is 4.45. The van der Waals surface area contributed by atoms with Gasteiger partial charge in [-0.25, -0.2) is 0 Å². The fraction of sp³-hybridized carbons (Fsp3) is 0.778. The monoisotopic (exact) mass is 186 g/mol. The van der Waals surface area contributed by atoms with Gasteiger partial charge >= 0.3 is 5.97 Å². The summed E-state index contributed by atoms with van der Waals surface area (Å²) in [5.41, 5.74) is 0. The number of hydrogen-bond donors (Lipinski definition) is 0. The molecule has 0 N–H and O–H groups in total. The zero-order valence-corrected chi connectivity index (χ0v) is 7.75. The van der Waals surface area contributed by atoms with Crippen molar-refractivity contribution in [3.8, 4) is 0 Å². The molecule has 1 saturated heterocycles. The van der Waals surface area contributed by atoms with E-state index >= 15 is 0 Å². The lowest BCUT2D eigenvalue weighted by Gasteiger charge is -2.09. The SMILES string of the molecule is CC(=O)CC(=O)OC[C@@H]1CCCO1. The molecule has 1 heterocycles. The molecule has 1 aliphatic rings. The molecule has 0 unspecified atom stereocenters. The van der Waals surface area contributed by atoms with Gasteiger partial charge in [0.15, 0.2) is 0 Å². The molecule has 4 heteroatoms. The Hall–Kier alpha value is -0.900. The van der Waals surface area contributed by atoms with Crippen molar-refractivity contribution in [1.29, 1.82) is 0 Å². The largest absolute Gasteiger partial charge is 0.463 e. The van der Waals surface area contributed by atoms with Gasteiger partial charge in [-0.1, -0.05) is 0 Å². The summed E-state index contributed by atoms with van der Waals surface area (Å²) in [5, 5.41) is 0. The molecule has 0 spiro atoms. The van der Waals surface area contributed by atoms with Crippen molar-refractivity contribution in [3.63, 3.8) is 0 Å². The minimum Gasteiger partial charge on any atom is -0.463 e. The number of hydrogen-bond acceptors (Lipinski definition) is 4. The average Bonchev–Trinajstić information content (AvgIpc) is 2.51. The first kappa shape index (κ1) is 10.2. The van der Waals surface area contributed by atoms with Crippen LogP contribution in [0.25, 0.3) is 0 Å². The summed E-state index contributed by atoms with van der Waals surface area (Å²) in [6.45, 7) is 2.40. The molecule has 0 aliphatic carbocycles. The molecule has 1 fully saturated rings. The van der Waals surface area contributed by atoms with E-state index in [0.29, 0.717) is 0 Å². The lowest BCUT2D eigenvalue weighted by molar-refractivity contribution is -0.148. The van der Waals surface area contributed by atoms with E-state index in [9.17, 15) is 9.59 Å². The number of ketones is 1. The summed E-state index contributed by atoms with van der Waals surface area (Å²) in [6.07, 6.45) is 1.87. The Balaban J connectivity index is 2.10. The van der Waals surface area contributed by atoms with Crippen molar-refractivity contribution in [2.24, 2.45) is 0 Å². The summed E-state index contributed by atoms with van der Waals surface area (Å²) in [5.74, 6) is -0.625. The molecule has 1 atom stereocenters. The lowest BCUT2D eigenvalue weighted by Crippen LogP contribution is -2.18. The standard InChI is InChI=1S/C9H14O4/c1-7(10)5-9(11)13-6-8-3-2-4-12-8/h8H,2-6H2,1H3/t8-/m0/s1. The Bertz CT molecular complexity index is 194. The van der Waals surface area contributed by atoms with Crippen LogP contribution in [0.2, 0.25) is 0 Å². The van der Waals surface area contributed by atoms with Crippen molar-refractivity contribution in [1.82, 2.24) is 0 Å². The molecular formula is C9H14O4. The molecule has 4 nitrogen and oxygen atoms in total. The second-order valence-electron chi connectivity index (χ2n) is 3.20. The number of carbonyl (C=O) groups excluding carboxylic acids is 2. The van der Waals surface area contributed by atoms with E-state index in [0.717, 1.165) is 19.4 Å². The molecule has 0 aromatic carbocycles. The molecule has 0 bridgehead atoms. The van der Waals surface area contributed by atoms with Crippen LogP contribution >= 0.6 is 0 Å². The van der Waals surface area contributed by atoms with Crippen molar-refractivity contribution in [2.75, 3.05) is 13.2 Å². The Morgan fingerprint density at radius 2 is 2.31 bits per heavy atom. The summed E-state index contributed by atoms with van der Waals surface area (Å²) in [7, 11) is 0. The highest BCUT2D eigenvalue weighted by Crippen LogP contribution is 2.12. The van der Waals surface area contributed by atoms with E-state index in [1.54, 1.807) is 0 Å². The maximum absolute atomic E-state index is 10.9. The predicted octanol–water partition coefficient (Wildman–Crippen LogP) is 0.688. The van der Waals surface area contributed by atoms with E-state index in [1.165, 1.54) is 6.92 Å². The number of Topliss-reactive ketones (excluding diaryl/α,β-unsaturated/α-hetero) is 1. The highest BCUT2D eigenvalue weighted by atomic mass is 16.6. The number of carbonyl (C=O) groups is 2. The highest BCUT2D eigenvalue weighted by Gasteiger charge is 2.17. The van der Waals surface area contributed by atoms with Crippen LogP contribution in [0, 0.1) is 0 Å². The van der Waals surface area contributed by atoms with Crippen LogP contribution in [0.3, 0.4) is 0 Å². The van der Waals surface area contributed by atoms with Crippen molar-refractivity contribution >= 4 is 11.8 Å². The molecule has 74 valence electrons. The molecule has 0 aromatic rings. The normalized spacial score (nSPS) is 21.5. The van der Waals surface area contributed by atoms with Gasteiger partial charge in [0.1, 0.15) is 18.8 Å². The van der Waals surface area contributed by atoms with Crippen LogP contribution < -0.4 is 0 Å². The Morgan fingerprint density at radius 3 is 2.85 bits per heavy atom.